The minimum atomic E-state index is -4.53. The highest BCUT2D eigenvalue weighted by Crippen LogP contribution is 2.31. The Labute approximate surface area is 170 Å². The van der Waals surface area contributed by atoms with E-state index in [4.69, 9.17) is 0 Å². The molecule has 1 aliphatic rings. The molecule has 0 spiro atoms. The van der Waals surface area contributed by atoms with Crippen LogP contribution in [0.4, 0.5) is 23.2 Å². The number of nitrogens with zero attached hydrogens (tertiary/aromatic N) is 3. The lowest BCUT2D eigenvalue weighted by Crippen LogP contribution is -2.41. The number of alkyl halides is 3. The summed E-state index contributed by atoms with van der Waals surface area (Å²) in [6.45, 7) is 1.19. The van der Waals surface area contributed by atoms with E-state index in [2.05, 4.69) is 5.10 Å². The zero-order chi connectivity index (χ0) is 22.1. The summed E-state index contributed by atoms with van der Waals surface area (Å²) in [6, 6.07) is 8.83. The van der Waals surface area contributed by atoms with Crippen molar-refractivity contribution in [2.45, 2.75) is 25.9 Å². The Hall–Kier alpha value is -3.23. The number of hydrazone groups is 1. The van der Waals surface area contributed by atoms with E-state index in [0.29, 0.717) is 23.3 Å². The molecule has 1 heterocycles. The van der Waals surface area contributed by atoms with E-state index in [1.165, 1.54) is 25.2 Å². The molecule has 0 saturated heterocycles. The zero-order valence-corrected chi connectivity index (χ0v) is 16.3. The highest BCUT2D eigenvalue weighted by Gasteiger charge is 2.31. The molecule has 0 aromatic heterocycles. The first kappa shape index (κ1) is 21.5. The van der Waals surface area contributed by atoms with Crippen LogP contribution in [0.15, 0.2) is 47.6 Å². The smallest absolute Gasteiger partial charge is 0.314 e. The maximum absolute atomic E-state index is 13.5. The van der Waals surface area contributed by atoms with Gasteiger partial charge in [0.1, 0.15) is 12.4 Å². The summed E-state index contributed by atoms with van der Waals surface area (Å²) in [6.07, 6.45) is -4.07. The molecule has 0 fully saturated rings. The van der Waals surface area contributed by atoms with Gasteiger partial charge in [-0.25, -0.2) is 9.40 Å². The number of amides is 2. The number of hydrogen-bond donors (Lipinski definition) is 0. The second-order valence-corrected chi connectivity index (χ2v) is 6.96. The second-order valence-electron chi connectivity index (χ2n) is 6.96. The minimum absolute atomic E-state index is 0.0534. The Bertz CT molecular complexity index is 1020. The number of carbonyl (C=O) groups is 2. The lowest BCUT2D eigenvalue weighted by Gasteiger charge is -2.26. The first-order valence-corrected chi connectivity index (χ1v) is 9.14. The van der Waals surface area contributed by atoms with E-state index >= 15 is 0 Å². The van der Waals surface area contributed by atoms with Gasteiger partial charge in [-0.15, -0.1) is 0 Å². The van der Waals surface area contributed by atoms with Gasteiger partial charge in [0.25, 0.3) is 0 Å². The number of anilines is 1. The fraction of sp³-hybridized carbons (Fsp3) is 0.286. The summed E-state index contributed by atoms with van der Waals surface area (Å²) in [4.78, 5) is 25.9. The molecule has 2 aromatic carbocycles. The van der Waals surface area contributed by atoms with E-state index in [1.807, 2.05) is 0 Å². The largest absolute Gasteiger partial charge is 0.416 e. The molecular weight excluding hydrogens is 402 g/mol. The molecular formula is C21H19F4N3O2. The van der Waals surface area contributed by atoms with Crippen molar-refractivity contribution >= 4 is 23.2 Å². The van der Waals surface area contributed by atoms with Crippen LogP contribution in [0.5, 0.6) is 0 Å². The number of benzene rings is 2. The topological polar surface area (TPSA) is 53.0 Å². The van der Waals surface area contributed by atoms with Gasteiger partial charge in [-0.2, -0.15) is 18.3 Å². The van der Waals surface area contributed by atoms with E-state index in [-0.39, 0.29) is 23.8 Å². The molecule has 5 nitrogen and oxygen atoms in total. The first-order chi connectivity index (χ1) is 14.1. The minimum Gasteiger partial charge on any atom is -0.314 e. The lowest BCUT2D eigenvalue weighted by molar-refractivity contribution is -0.137. The summed E-state index contributed by atoms with van der Waals surface area (Å²) in [5.74, 6) is -1.33. The van der Waals surface area contributed by atoms with Crippen molar-refractivity contribution in [3.05, 3.63) is 65.0 Å². The Morgan fingerprint density at radius 1 is 1.17 bits per heavy atom. The molecule has 158 valence electrons. The van der Waals surface area contributed by atoms with Gasteiger partial charge >= 0.3 is 6.18 Å². The van der Waals surface area contributed by atoms with Crippen LogP contribution in [0.2, 0.25) is 0 Å². The standard InChI is InChI=1S/C21H19F4N3O2/c1-13-10-14(6-7-17(13)22)18-8-9-19(29)28(26-18)12-20(30)27(2)16-5-3-4-15(11-16)21(23,24)25/h3-7,10-11H,8-9,12H2,1-2H3. The number of aryl methyl sites for hydroxylation is 1. The van der Waals surface area contributed by atoms with Gasteiger partial charge in [0, 0.05) is 25.6 Å². The van der Waals surface area contributed by atoms with Gasteiger partial charge < -0.3 is 4.90 Å². The third-order valence-corrected chi connectivity index (χ3v) is 4.82. The molecule has 30 heavy (non-hydrogen) atoms. The summed E-state index contributed by atoms with van der Waals surface area (Å²) in [7, 11) is 1.33. The number of hydrogen-bond acceptors (Lipinski definition) is 3. The highest BCUT2D eigenvalue weighted by atomic mass is 19.4. The summed E-state index contributed by atoms with van der Waals surface area (Å²) >= 11 is 0. The summed E-state index contributed by atoms with van der Waals surface area (Å²) in [5.41, 5.74) is 0.787. The molecule has 1 aliphatic heterocycles. The summed E-state index contributed by atoms with van der Waals surface area (Å²) in [5, 5.41) is 5.23. The van der Waals surface area contributed by atoms with Crippen LogP contribution >= 0.6 is 0 Å². The molecule has 0 atom stereocenters. The van der Waals surface area contributed by atoms with Crippen LogP contribution in [-0.4, -0.2) is 36.1 Å². The number of rotatable bonds is 4. The van der Waals surface area contributed by atoms with Crippen molar-refractivity contribution in [3.63, 3.8) is 0 Å². The second kappa shape index (κ2) is 8.25. The van der Waals surface area contributed by atoms with Gasteiger partial charge in [-0.3, -0.25) is 9.59 Å². The average Bonchev–Trinajstić information content (AvgIpc) is 2.70. The number of carbonyl (C=O) groups excluding carboxylic acids is 2. The molecule has 2 aromatic rings. The monoisotopic (exact) mass is 421 g/mol. The fourth-order valence-corrected chi connectivity index (χ4v) is 3.02. The van der Waals surface area contributed by atoms with Crippen molar-refractivity contribution in [1.82, 2.24) is 5.01 Å². The lowest BCUT2D eigenvalue weighted by atomic mass is 10.0. The normalized spacial score (nSPS) is 14.5. The van der Waals surface area contributed by atoms with E-state index in [9.17, 15) is 27.2 Å². The first-order valence-electron chi connectivity index (χ1n) is 9.14. The van der Waals surface area contributed by atoms with E-state index in [0.717, 1.165) is 22.0 Å². The van der Waals surface area contributed by atoms with Gasteiger partial charge in [0.2, 0.25) is 11.8 Å². The predicted octanol–water partition coefficient (Wildman–Crippen LogP) is 4.14. The van der Waals surface area contributed by atoms with Gasteiger partial charge in [0.05, 0.1) is 11.3 Å². The molecule has 0 bridgehead atoms. The van der Waals surface area contributed by atoms with Gasteiger partial charge in [0.15, 0.2) is 0 Å². The van der Waals surface area contributed by atoms with Crippen LogP contribution in [0, 0.1) is 12.7 Å². The van der Waals surface area contributed by atoms with Crippen molar-refractivity contribution in [2.24, 2.45) is 5.10 Å². The van der Waals surface area contributed by atoms with Crippen LogP contribution < -0.4 is 4.90 Å². The third kappa shape index (κ3) is 4.67. The quantitative estimate of drug-likeness (QED) is 0.697. The van der Waals surface area contributed by atoms with Crippen molar-refractivity contribution in [2.75, 3.05) is 18.5 Å². The average molecular weight is 421 g/mol. The molecule has 3 rings (SSSR count). The number of halogens is 4. The Morgan fingerprint density at radius 2 is 1.90 bits per heavy atom. The highest BCUT2D eigenvalue weighted by molar-refractivity contribution is 6.05. The number of likely N-dealkylation sites (N-methyl/N-ethyl adjacent to an activating group) is 1. The fourth-order valence-electron chi connectivity index (χ4n) is 3.02. The van der Waals surface area contributed by atoms with Crippen molar-refractivity contribution in [1.29, 1.82) is 0 Å². The molecule has 0 saturated carbocycles. The Balaban J connectivity index is 1.79. The SMILES string of the molecule is Cc1cc(C2=NN(CC(=O)N(C)c3cccc(C(F)(F)F)c3)C(=O)CC2)ccc1F. The molecule has 0 N–H and O–H groups in total. The molecule has 2 amide bonds. The Morgan fingerprint density at radius 3 is 2.57 bits per heavy atom. The van der Waals surface area contributed by atoms with Crippen molar-refractivity contribution < 1.29 is 27.2 Å². The van der Waals surface area contributed by atoms with E-state index in [1.54, 1.807) is 19.1 Å². The molecule has 0 aliphatic carbocycles. The van der Waals surface area contributed by atoms with Crippen LogP contribution in [0.25, 0.3) is 0 Å². The summed E-state index contributed by atoms with van der Waals surface area (Å²) < 4.78 is 52.3. The van der Waals surface area contributed by atoms with E-state index < -0.39 is 24.2 Å². The van der Waals surface area contributed by atoms with Crippen LogP contribution in [-0.2, 0) is 15.8 Å². The van der Waals surface area contributed by atoms with Crippen LogP contribution in [0.1, 0.15) is 29.5 Å². The van der Waals surface area contributed by atoms with Crippen LogP contribution in [0.3, 0.4) is 0 Å². The van der Waals surface area contributed by atoms with Crippen molar-refractivity contribution in [3.8, 4) is 0 Å². The van der Waals surface area contributed by atoms with Gasteiger partial charge in [-0.05, 0) is 48.4 Å². The third-order valence-electron chi connectivity index (χ3n) is 4.82. The maximum Gasteiger partial charge on any atom is 0.416 e. The zero-order valence-electron chi connectivity index (χ0n) is 16.3. The molecule has 9 heteroatoms. The van der Waals surface area contributed by atoms with Gasteiger partial charge in [-0.1, -0.05) is 12.1 Å². The Kier molecular flexibility index (Phi) is 5.91. The maximum atomic E-state index is 13.5. The molecule has 0 unspecified atom stereocenters. The molecule has 0 radical (unpaired) electrons. The predicted molar refractivity (Wildman–Crippen MR) is 103 cm³/mol.